The molecule has 1 aromatic rings. The van der Waals surface area contributed by atoms with E-state index in [0.29, 0.717) is 18.4 Å². The van der Waals surface area contributed by atoms with E-state index in [2.05, 4.69) is 19.2 Å². The average molecular weight is 266 g/mol. The zero-order valence-electron chi connectivity index (χ0n) is 11.2. The second kappa shape index (κ2) is 6.17. The minimum atomic E-state index is -1.10. The SMILES string of the molecule is CC(C)C(C)CNc1cc(C(=O)O)ccc1[N+](=O)[O-]. The van der Waals surface area contributed by atoms with Crippen LogP contribution in [0.4, 0.5) is 11.4 Å². The average Bonchev–Trinajstić information content (AvgIpc) is 2.34. The number of rotatable bonds is 6. The quantitative estimate of drug-likeness (QED) is 0.610. The number of nitrogens with zero attached hydrogens (tertiary/aromatic N) is 1. The van der Waals surface area contributed by atoms with Gasteiger partial charge in [0, 0.05) is 12.6 Å². The molecule has 1 rings (SSSR count). The van der Waals surface area contributed by atoms with Crippen LogP contribution in [0.3, 0.4) is 0 Å². The molecule has 0 fully saturated rings. The molecule has 0 aliphatic rings. The molecule has 104 valence electrons. The van der Waals surface area contributed by atoms with Crippen molar-refractivity contribution in [2.45, 2.75) is 20.8 Å². The van der Waals surface area contributed by atoms with E-state index in [1.54, 1.807) is 0 Å². The highest BCUT2D eigenvalue weighted by Gasteiger charge is 2.17. The molecule has 0 saturated carbocycles. The van der Waals surface area contributed by atoms with Crippen LogP contribution >= 0.6 is 0 Å². The third-order valence-electron chi connectivity index (χ3n) is 3.19. The molecule has 6 heteroatoms. The molecule has 0 saturated heterocycles. The molecule has 0 heterocycles. The largest absolute Gasteiger partial charge is 0.478 e. The summed E-state index contributed by atoms with van der Waals surface area (Å²) in [5.74, 6) is -0.336. The molecule has 0 bridgehead atoms. The maximum Gasteiger partial charge on any atom is 0.335 e. The first-order chi connectivity index (χ1) is 8.82. The first-order valence-corrected chi connectivity index (χ1v) is 6.08. The number of carboxylic acid groups (broad SMARTS) is 1. The van der Waals surface area contributed by atoms with Gasteiger partial charge in [-0.3, -0.25) is 10.1 Å². The molecule has 0 aromatic heterocycles. The fraction of sp³-hybridized carbons (Fsp3) is 0.462. The van der Waals surface area contributed by atoms with Crippen molar-refractivity contribution < 1.29 is 14.8 Å². The predicted octanol–water partition coefficient (Wildman–Crippen LogP) is 3.00. The Bertz CT molecular complexity index is 486. The van der Waals surface area contributed by atoms with Gasteiger partial charge in [-0.15, -0.1) is 0 Å². The molecular weight excluding hydrogens is 248 g/mol. The number of nitrogens with one attached hydrogen (secondary N) is 1. The van der Waals surface area contributed by atoms with Crippen LogP contribution in [0.1, 0.15) is 31.1 Å². The molecule has 1 aromatic carbocycles. The predicted molar refractivity (Wildman–Crippen MR) is 72.5 cm³/mol. The minimum Gasteiger partial charge on any atom is -0.478 e. The second-order valence-electron chi connectivity index (χ2n) is 4.90. The van der Waals surface area contributed by atoms with E-state index in [4.69, 9.17) is 5.11 Å². The van der Waals surface area contributed by atoms with Crippen LogP contribution in [-0.4, -0.2) is 22.5 Å². The molecule has 2 N–H and O–H groups in total. The van der Waals surface area contributed by atoms with Gasteiger partial charge >= 0.3 is 5.97 Å². The summed E-state index contributed by atoms with van der Waals surface area (Å²) in [6, 6.07) is 3.75. The van der Waals surface area contributed by atoms with Gasteiger partial charge in [0.25, 0.3) is 5.69 Å². The lowest BCUT2D eigenvalue weighted by Gasteiger charge is -2.17. The highest BCUT2D eigenvalue weighted by molar-refractivity contribution is 5.90. The van der Waals surface area contributed by atoms with Crippen molar-refractivity contribution in [2.24, 2.45) is 11.8 Å². The third-order valence-corrected chi connectivity index (χ3v) is 3.19. The molecule has 6 nitrogen and oxygen atoms in total. The molecule has 1 atom stereocenters. The van der Waals surface area contributed by atoms with Crippen molar-refractivity contribution in [3.63, 3.8) is 0 Å². The number of nitro benzene ring substituents is 1. The first kappa shape index (κ1) is 14.9. The van der Waals surface area contributed by atoms with Gasteiger partial charge in [-0.05, 0) is 24.0 Å². The Labute approximate surface area is 111 Å². The summed E-state index contributed by atoms with van der Waals surface area (Å²) in [5.41, 5.74) is 0.170. The number of anilines is 1. The van der Waals surface area contributed by atoms with E-state index in [-0.39, 0.29) is 16.9 Å². The lowest BCUT2D eigenvalue weighted by Crippen LogP contribution is -2.17. The van der Waals surface area contributed by atoms with Crippen LogP contribution in [-0.2, 0) is 0 Å². The molecule has 19 heavy (non-hydrogen) atoms. The van der Waals surface area contributed by atoms with Gasteiger partial charge in [0.2, 0.25) is 0 Å². The zero-order valence-corrected chi connectivity index (χ0v) is 11.2. The number of benzene rings is 1. The van der Waals surface area contributed by atoms with Crippen LogP contribution in [0.25, 0.3) is 0 Å². The highest BCUT2D eigenvalue weighted by Crippen LogP contribution is 2.26. The van der Waals surface area contributed by atoms with Gasteiger partial charge in [-0.1, -0.05) is 20.8 Å². The van der Waals surface area contributed by atoms with Crippen molar-refractivity contribution >= 4 is 17.3 Å². The molecular formula is C13H18N2O4. The number of nitro groups is 1. The zero-order chi connectivity index (χ0) is 14.6. The Hall–Kier alpha value is -2.11. The fourth-order valence-electron chi connectivity index (χ4n) is 1.48. The van der Waals surface area contributed by atoms with Gasteiger partial charge < -0.3 is 10.4 Å². The van der Waals surface area contributed by atoms with E-state index in [1.165, 1.54) is 18.2 Å². The summed E-state index contributed by atoms with van der Waals surface area (Å²) >= 11 is 0. The summed E-state index contributed by atoms with van der Waals surface area (Å²) < 4.78 is 0. The number of carboxylic acids is 1. The van der Waals surface area contributed by atoms with Crippen LogP contribution < -0.4 is 5.32 Å². The number of aromatic carboxylic acids is 1. The number of carbonyl (C=O) groups is 1. The van der Waals surface area contributed by atoms with Crippen molar-refractivity contribution in [1.82, 2.24) is 0 Å². The minimum absolute atomic E-state index is 0.0327. The molecule has 0 radical (unpaired) electrons. The Kier molecular flexibility index (Phi) is 4.86. The second-order valence-corrected chi connectivity index (χ2v) is 4.90. The Morgan fingerprint density at radius 1 is 1.42 bits per heavy atom. The Morgan fingerprint density at radius 3 is 2.53 bits per heavy atom. The van der Waals surface area contributed by atoms with E-state index < -0.39 is 10.9 Å². The topological polar surface area (TPSA) is 92.5 Å². The third kappa shape index (κ3) is 3.94. The maximum absolute atomic E-state index is 10.9. The van der Waals surface area contributed by atoms with Gasteiger partial charge in [-0.2, -0.15) is 0 Å². The van der Waals surface area contributed by atoms with E-state index in [0.717, 1.165) is 0 Å². The monoisotopic (exact) mass is 266 g/mol. The smallest absolute Gasteiger partial charge is 0.335 e. The van der Waals surface area contributed by atoms with E-state index in [9.17, 15) is 14.9 Å². The Morgan fingerprint density at radius 2 is 2.05 bits per heavy atom. The molecule has 0 aliphatic carbocycles. The van der Waals surface area contributed by atoms with E-state index in [1.807, 2.05) is 6.92 Å². The summed E-state index contributed by atoms with van der Waals surface area (Å²) in [6.07, 6.45) is 0. The van der Waals surface area contributed by atoms with Crippen LogP contribution in [0.2, 0.25) is 0 Å². The summed E-state index contributed by atoms with van der Waals surface area (Å²) in [6.45, 7) is 6.72. The first-order valence-electron chi connectivity index (χ1n) is 6.08. The van der Waals surface area contributed by atoms with Crippen molar-refractivity contribution in [1.29, 1.82) is 0 Å². The summed E-state index contributed by atoms with van der Waals surface area (Å²) in [7, 11) is 0. The van der Waals surface area contributed by atoms with Gasteiger partial charge in [0.05, 0.1) is 10.5 Å². The van der Waals surface area contributed by atoms with Crippen LogP contribution in [0.5, 0.6) is 0 Å². The Balaban J connectivity index is 2.98. The van der Waals surface area contributed by atoms with Gasteiger partial charge in [0.15, 0.2) is 0 Å². The van der Waals surface area contributed by atoms with Crippen LogP contribution in [0.15, 0.2) is 18.2 Å². The van der Waals surface area contributed by atoms with Gasteiger partial charge in [-0.25, -0.2) is 4.79 Å². The molecule has 0 spiro atoms. The standard InChI is InChI=1S/C13H18N2O4/c1-8(2)9(3)7-14-11-6-10(13(16)17)4-5-12(11)15(18)19/h4-6,8-9,14H,7H2,1-3H3,(H,16,17). The van der Waals surface area contributed by atoms with Gasteiger partial charge in [0.1, 0.15) is 5.69 Å². The molecule has 0 aliphatic heterocycles. The normalized spacial score (nSPS) is 12.2. The summed E-state index contributed by atoms with van der Waals surface area (Å²) in [5, 5.41) is 22.8. The maximum atomic E-state index is 10.9. The lowest BCUT2D eigenvalue weighted by atomic mass is 9.98. The number of hydrogen-bond donors (Lipinski definition) is 2. The van der Waals surface area contributed by atoms with E-state index >= 15 is 0 Å². The molecule has 1 unspecified atom stereocenters. The highest BCUT2D eigenvalue weighted by atomic mass is 16.6. The van der Waals surface area contributed by atoms with Crippen molar-refractivity contribution in [2.75, 3.05) is 11.9 Å². The summed E-state index contributed by atoms with van der Waals surface area (Å²) in [4.78, 5) is 21.3. The number of hydrogen-bond acceptors (Lipinski definition) is 4. The van der Waals surface area contributed by atoms with Crippen LogP contribution in [0, 0.1) is 22.0 Å². The fourth-order valence-corrected chi connectivity index (χ4v) is 1.48. The van der Waals surface area contributed by atoms with Crippen molar-refractivity contribution in [3.05, 3.63) is 33.9 Å². The lowest BCUT2D eigenvalue weighted by molar-refractivity contribution is -0.384. The van der Waals surface area contributed by atoms with Crippen molar-refractivity contribution in [3.8, 4) is 0 Å². The molecule has 0 amide bonds.